The Morgan fingerprint density at radius 1 is 1.00 bits per heavy atom. The van der Waals surface area contributed by atoms with Crippen LogP contribution in [0.4, 0.5) is 0 Å². The third kappa shape index (κ3) is 7.88. The minimum Gasteiger partial charge on any atom is -0.376 e. The molecule has 78 valence electrons. The summed E-state index contributed by atoms with van der Waals surface area (Å²) in [5.74, 6) is 0. The van der Waals surface area contributed by atoms with Crippen LogP contribution in [0.1, 0.15) is 0 Å². The summed E-state index contributed by atoms with van der Waals surface area (Å²) >= 11 is 6.40. The van der Waals surface area contributed by atoms with Crippen LogP contribution in [0.5, 0.6) is 0 Å². The Morgan fingerprint density at radius 3 is 1.62 bits per heavy atom. The minimum absolute atomic E-state index is 0.392. The zero-order valence-corrected chi connectivity index (χ0v) is 10.6. The quantitative estimate of drug-likeness (QED) is 0.570. The van der Waals surface area contributed by atoms with Gasteiger partial charge in [-0.1, -0.05) is 31.9 Å². The van der Waals surface area contributed by atoms with Crippen LogP contribution >= 0.6 is 31.9 Å². The summed E-state index contributed by atoms with van der Waals surface area (Å²) in [4.78, 5) is 0. The first-order chi connectivity index (χ1) is 6.36. The highest BCUT2D eigenvalue weighted by molar-refractivity contribution is 9.11. The molecule has 2 aliphatic rings. The molecule has 0 aliphatic carbocycles. The molecule has 2 aliphatic heterocycles. The number of rotatable bonds is 5. The predicted molar refractivity (Wildman–Crippen MR) is 57.9 cm³/mol. The molecule has 2 unspecified atom stereocenters. The summed E-state index contributed by atoms with van der Waals surface area (Å²) in [5.41, 5.74) is 0. The standard InChI is InChI=1S/C6H10O3.C2H4Br2/c1(5-3-8-5)7-2-6-4-9-6;3-1-2-4/h5-6H,1-4H2;1-2H2. The maximum atomic E-state index is 5.23. The van der Waals surface area contributed by atoms with Crippen LogP contribution in [0.25, 0.3) is 0 Å². The van der Waals surface area contributed by atoms with Gasteiger partial charge >= 0.3 is 0 Å². The molecule has 0 aromatic rings. The summed E-state index contributed by atoms with van der Waals surface area (Å²) in [7, 11) is 0. The largest absolute Gasteiger partial charge is 0.376 e. The van der Waals surface area contributed by atoms with Crippen molar-refractivity contribution in [1.29, 1.82) is 0 Å². The lowest BCUT2D eigenvalue weighted by Crippen LogP contribution is -2.06. The van der Waals surface area contributed by atoms with Crippen LogP contribution in [0.2, 0.25) is 0 Å². The molecular formula is C8H14Br2O3. The molecule has 0 bridgehead atoms. The molecule has 2 heterocycles. The van der Waals surface area contributed by atoms with E-state index >= 15 is 0 Å². The molecule has 3 nitrogen and oxygen atoms in total. The fraction of sp³-hybridized carbons (Fsp3) is 1.00. The maximum Gasteiger partial charge on any atom is 0.104 e. The Morgan fingerprint density at radius 2 is 1.38 bits per heavy atom. The van der Waals surface area contributed by atoms with E-state index in [1.54, 1.807) is 0 Å². The van der Waals surface area contributed by atoms with E-state index in [1.165, 1.54) is 0 Å². The Bertz CT molecular complexity index is 113. The molecule has 0 saturated carbocycles. The van der Waals surface area contributed by atoms with Crippen LogP contribution in [-0.4, -0.2) is 49.3 Å². The summed E-state index contributed by atoms with van der Waals surface area (Å²) in [5, 5.41) is 2.10. The second-order valence-electron chi connectivity index (χ2n) is 2.83. The van der Waals surface area contributed by atoms with E-state index in [2.05, 4.69) is 31.9 Å². The lowest BCUT2D eigenvalue weighted by atomic mass is 10.5. The molecule has 2 rings (SSSR count). The van der Waals surface area contributed by atoms with Crippen LogP contribution in [-0.2, 0) is 14.2 Å². The second kappa shape index (κ2) is 7.17. The van der Waals surface area contributed by atoms with Crippen molar-refractivity contribution in [1.82, 2.24) is 0 Å². The van der Waals surface area contributed by atoms with Gasteiger partial charge in [-0.15, -0.1) is 0 Å². The monoisotopic (exact) mass is 316 g/mol. The molecule has 0 aromatic carbocycles. The first kappa shape index (κ1) is 11.9. The highest BCUT2D eigenvalue weighted by atomic mass is 79.9. The van der Waals surface area contributed by atoms with E-state index in [9.17, 15) is 0 Å². The zero-order chi connectivity index (χ0) is 9.52. The second-order valence-corrected chi connectivity index (χ2v) is 4.41. The van der Waals surface area contributed by atoms with Gasteiger partial charge in [0.15, 0.2) is 0 Å². The van der Waals surface area contributed by atoms with Crippen LogP contribution < -0.4 is 0 Å². The molecule has 2 atom stereocenters. The van der Waals surface area contributed by atoms with E-state index in [-0.39, 0.29) is 0 Å². The van der Waals surface area contributed by atoms with E-state index in [4.69, 9.17) is 14.2 Å². The normalized spacial score (nSPS) is 29.1. The van der Waals surface area contributed by atoms with Gasteiger partial charge in [-0.25, -0.2) is 0 Å². The Kier molecular flexibility index (Phi) is 6.57. The summed E-state index contributed by atoms with van der Waals surface area (Å²) in [6, 6.07) is 0. The van der Waals surface area contributed by atoms with E-state index in [0.29, 0.717) is 12.2 Å². The lowest BCUT2D eigenvalue weighted by molar-refractivity contribution is 0.102. The van der Waals surface area contributed by atoms with Crippen molar-refractivity contribution in [2.45, 2.75) is 12.2 Å². The van der Waals surface area contributed by atoms with Crippen molar-refractivity contribution < 1.29 is 14.2 Å². The number of hydrogen-bond donors (Lipinski definition) is 0. The number of epoxide rings is 2. The molecule has 13 heavy (non-hydrogen) atoms. The van der Waals surface area contributed by atoms with Gasteiger partial charge in [-0.3, -0.25) is 0 Å². The fourth-order valence-electron chi connectivity index (χ4n) is 0.659. The maximum absolute atomic E-state index is 5.23. The van der Waals surface area contributed by atoms with Gasteiger partial charge < -0.3 is 14.2 Å². The van der Waals surface area contributed by atoms with Gasteiger partial charge in [-0.05, 0) is 0 Å². The van der Waals surface area contributed by atoms with Crippen molar-refractivity contribution in [2.75, 3.05) is 37.1 Å². The van der Waals surface area contributed by atoms with E-state index < -0.39 is 0 Å². The van der Waals surface area contributed by atoms with Crippen molar-refractivity contribution in [3.05, 3.63) is 0 Å². The van der Waals surface area contributed by atoms with Gasteiger partial charge in [-0.2, -0.15) is 0 Å². The highest BCUT2D eigenvalue weighted by Crippen LogP contribution is 2.12. The van der Waals surface area contributed by atoms with Crippen molar-refractivity contribution in [3.63, 3.8) is 0 Å². The van der Waals surface area contributed by atoms with Crippen LogP contribution in [0.3, 0.4) is 0 Å². The van der Waals surface area contributed by atoms with Gasteiger partial charge in [0, 0.05) is 10.7 Å². The summed E-state index contributed by atoms with van der Waals surface area (Å²) < 4.78 is 15.1. The van der Waals surface area contributed by atoms with Gasteiger partial charge in [0.05, 0.1) is 26.4 Å². The minimum atomic E-state index is 0.392. The molecule has 0 radical (unpaired) electrons. The van der Waals surface area contributed by atoms with Crippen molar-refractivity contribution in [2.24, 2.45) is 0 Å². The lowest BCUT2D eigenvalue weighted by Gasteiger charge is -1.95. The Labute approximate surface area is 95.4 Å². The number of halogens is 2. The number of alkyl halides is 2. The van der Waals surface area contributed by atoms with Crippen LogP contribution in [0.15, 0.2) is 0 Å². The molecule has 2 fully saturated rings. The number of hydrogen-bond acceptors (Lipinski definition) is 3. The third-order valence-electron chi connectivity index (χ3n) is 1.48. The molecule has 0 spiro atoms. The molecule has 0 aromatic heterocycles. The van der Waals surface area contributed by atoms with E-state index in [1.807, 2.05) is 0 Å². The molecule has 0 N–H and O–H groups in total. The third-order valence-corrected chi connectivity index (χ3v) is 3.34. The fourth-order valence-corrected chi connectivity index (χ4v) is 0.659. The summed E-state index contributed by atoms with van der Waals surface area (Å²) in [6.45, 7) is 3.26. The topological polar surface area (TPSA) is 34.3 Å². The molecular weight excluding hydrogens is 304 g/mol. The Balaban J connectivity index is 0.000000184. The zero-order valence-electron chi connectivity index (χ0n) is 7.38. The first-order valence-electron chi connectivity index (χ1n) is 4.29. The Hall–Kier alpha value is 0.840. The highest BCUT2D eigenvalue weighted by Gasteiger charge is 2.26. The predicted octanol–water partition coefficient (Wildman–Crippen LogP) is 1.58. The van der Waals surface area contributed by atoms with Gasteiger partial charge in [0.2, 0.25) is 0 Å². The SMILES string of the molecule is BrCCBr.C(OCC1CO1)C1CO1. The van der Waals surface area contributed by atoms with E-state index in [0.717, 1.165) is 37.1 Å². The van der Waals surface area contributed by atoms with Gasteiger partial charge in [0.25, 0.3) is 0 Å². The molecule has 2 saturated heterocycles. The first-order valence-corrected chi connectivity index (χ1v) is 6.54. The smallest absolute Gasteiger partial charge is 0.104 e. The average Bonchev–Trinajstić information content (AvgIpc) is 2.98. The van der Waals surface area contributed by atoms with Crippen molar-refractivity contribution in [3.8, 4) is 0 Å². The molecule has 0 amide bonds. The number of ether oxygens (including phenoxy) is 3. The summed E-state index contributed by atoms with van der Waals surface area (Å²) in [6.07, 6.45) is 0.785. The van der Waals surface area contributed by atoms with Crippen molar-refractivity contribution >= 4 is 31.9 Å². The molecule has 5 heteroatoms. The van der Waals surface area contributed by atoms with Gasteiger partial charge in [0.1, 0.15) is 12.2 Å². The average molecular weight is 318 g/mol. The van der Waals surface area contributed by atoms with Crippen LogP contribution in [0, 0.1) is 0 Å².